The van der Waals surface area contributed by atoms with E-state index < -0.39 is 0 Å². The zero-order valence-electron chi connectivity index (χ0n) is 13.3. The first-order chi connectivity index (χ1) is 10.8. The van der Waals surface area contributed by atoms with Gasteiger partial charge in [-0.25, -0.2) is 0 Å². The van der Waals surface area contributed by atoms with Gasteiger partial charge in [-0.1, -0.05) is 55.8 Å². The number of rotatable bonds is 4. The fraction of sp³-hybridized carbons (Fsp3) is 0.400. The second-order valence-corrected chi connectivity index (χ2v) is 6.29. The minimum absolute atomic E-state index is 0.291. The third-order valence-electron chi connectivity index (χ3n) is 4.92. The molecule has 0 saturated carbocycles. The first-order valence-corrected chi connectivity index (χ1v) is 8.36. The molecule has 1 unspecified atom stereocenters. The van der Waals surface area contributed by atoms with E-state index >= 15 is 0 Å². The van der Waals surface area contributed by atoms with Crippen LogP contribution in [0, 0.1) is 5.92 Å². The van der Waals surface area contributed by atoms with Crippen molar-refractivity contribution in [3.05, 3.63) is 65.7 Å². The van der Waals surface area contributed by atoms with Crippen LogP contribution in [0.4, 0.5) is 0 Å². The maximum absolute atomic E-state index is 9.57. The molecule has 116 valence electrons. The molecule has 1 aliphatic rings. The highest BCUT2D eigenvalue weighted by molar-refractivity contribution is 5.35. The highest BCUT2D eigenvalue weighted by Crippen LogP contribution is 2.33. The Kier molecular flexibility index (Phi) is 4.79. The van der Waals surface area contributed by atoms with Crippen molar-refractivity contribution in [3.8, 4) is 5.75 Å². The number of hydrogen-bond acceptors (Lipinski definition) is 2. The molecule has 1 N–H and O–H groups in total. The molecule has 2 nitrogen and oxygen atoms in total. The van der Waals surface area contributed by atoms with Crippen LogP contribution < -0.4 is 0 Å². The zero-order chi connectivity index (χ0) is 15.4. The molecular weight excluding hydrogens is 270 g/mol. The van der Waals surface area contributed by atoms with E-state index in [-0.39, 0.29) is 0 Å². The Morgan fingerprint density at radius 3 is 2.14 bits per heavy atom. The lowest BCUT2D eigenvalue weighted by Crippen LogP contribution is -2.37. The number of aromatic hydroxyl groups is 1. The van der Waals surface area contributed by atoms with Crippen molar-refractivity contribution in [2.45, 2.75) is 32.2 Å². The average Bonchev–Trinajstić information content (AvgIpc) is 2.58. The van der Waals surface area contributed by atoms with Crippen LogP contribution in [0.25, 0.3) is 0 Å². The lowest BCUT2D eigenvalue weighted by atomic mass is 9.90. The largest absolute Gasteiger partial charge is 0.508 e. The molecule has 0 bridgehead atoms. The number of likely N-dealkylation sites (tertiary alicyclic amines) is 1. The summed E-state index contributed by atoms with van der Waals surface area (Å²) in [5.41, 5.74) is 2.60. The van der Waals surface area contributed by atoms with Crippen molar-refractivity contribution < 1.29 is 5.11 Å². The Morgan fingerprint density at radius 1 is 0.955 bits per heavy atom. The molecule has 0 aromatic heterocycles. The SMILES string of the molecule is CCC1CCN(C(c2ccccc2)c2ccc(O)cc2)CC1. The van der Waals surface area contributed by atoms with Gasteiger partial charge < -0.3 is 5.11 Å². The van der Waals surface area contributed by atoms with Crippen LogP contribution in [0.2, 0.25) is 0 Å². The first kappa shape index (κ1) is 15.1. The summed E-state index contributed by atoms with van der Waals surface area (Å²) in [5, 5.41) is 9.57. The number of piperidine rings is 1. The van der Waals surface area contributed by atoms with Crippen LogP contribution in [-0.4, -0.2) is 23.1 Å². The summed E-state index contributed by atoms with van der Waals surface area (Å²) >= 11 is 0. The number of phenolic OH excluding ortho intramolecular Hbond substituents is 1. The van der Waals surface area contributed by atoms with E-state index in [1.165, 1.54) is 30.4 Å². The topological polar surface area (TPSA) is 23.5 Å². The second kappa shape index (κ2) is 6.97. The summed E-state index contributed by atoms with van der Waals surface area (Å²) in [6.07, 6.45) is 3.87. The summed E-state index contributed by atoms with van der Waals surface area (Å²) in [4.78, 5) is 2.59. The maximum Gasteiger partial charge on any atom is 0.115 e. The molecule has 0 aliphatic carbocycles. The monoisotopic (exact) mass is 295 g/mol. The third kappa shape index (κ3) is 3.33. The lowest BCUT2D eigenvalue weighted by Gasteiger charge is -2.38. The normalized spacial score (nSPS) is 18.2. The van der Waals surface area contributed by atoms with Crippen LogP contribution >= 0.6 is 0 Å². The zero-order valence-corrected chi connectivity index (χ0v) is 13.3. The number of nitrogens with zero attached hydrogens (tertiary/aromatic N) is 1. The van der Waals surface area contributed by atoms with E-state index in [0.29, 0.717) is 11.8 Å². The van der Waals surface area contributed by atoms with E-state index in [9.17, 15) is 5.11 Å². The fourth-order valence-corrected chi connectivity index (χ4v) is 3.53. The smallest absolute Gasteiger partial charge is 0.115 e. The Morgan fingerprint density at radius 2 is 1.55 bits per heavy atom. The predicted molar refractivity (Wildman–Crippen MR) is 91.0 cm³/mol. The summed E-state index contributed by atoms with van der Waals surface area (Å²) in [6, 6.07) is 18.7. The van der Waals surface area contributed by atoms with Crippen LogP contribution in [0.3, 0.4) is 0 Å². The minimum Gasteiger partial charge on any atom is -0.508 e. The third-order valence-corrected chi connectivity index (χ3v) is 4.92. The van der Waals surface area contributed by atoms with Crippen molar-refractivity contribution in [3.63, 3.8) is 0 Å². The molecular formula is C20H25NO. The molecule has 0 amide bonds. The summed E-state index contributed by atoms with van der Waals surface area (Å²) < 4.78 is 0. The maximum atomic E-state index is 9.57. The Bertz CT molecular complexity index is 570. The van der Waals surface area contributed by atoms with Crippen LogP contribution in [0.15, 0.2) is 54.6 Å². The molecule has 2 heteroatoms. The van der Waals surface area contributed by atoms with Gasteiger partial charge in [0.2, 0.25) is 0 Å². The van der Waals surface area contributed by atoms with Gasteiger partial charge in [0.1, 0.15) is 5.75 Å². The molecule has 1 aliphatic heterocycles. The van der Waals surface area contributed by atoms with Crippen LogP contribution in [0.5, 0.6) is 5.75 Å². The van der Waals surface area contributed by atoms with Gasteiger partial charge in [-0.15, -0.1) is 0 Å². The second-order valence-electron chi connectivity index (χ2n) is 6.29. The molecule has 2 aromatic carbocycles. The van der Waals surface area contributed by atoms with E-state index in [1.54, 1.807) is 12.1 Å². The van der Waals surface area contributed by atoms with Crippen molar-refractivity contribution >= 4 is 0 Å². The van der Waals surface area contributed by atoms with Crippen LogP contribution in [-0.2, 0) is 0 Å². The number of hydrogen-bond donors (Lipinski definition) is 1. The Balaban J connectivity index is 1.88. The molecule has 1 saturated heterocycles. The Hall–Kier alpha value is -1.80. The molecule has 1 fully saturated rings. The fourth-order valence-electron chi connectivity index (χ4n) is 3.53. The first-order valence-electron chi connectivity index (χ1n) is 8.36. The van der Waals surface area contributed by atoms with Gasteiger partial charge >= 0.3 is 0 Å². The van der Waals surface area contributed by atoms with Gasteiger partial charge in [0.25, 0.3) is 0 Å². The van der Waals surface area contributed by atoms with Gasteiger partial charge in [-0.2, -0.15) is 0 Å². The van der Waals surface area contributed by atoms with Crippen molar-refractivity contribution in [1.29, 1.82) is 0 Å². The molecule has 0 spiro atoms. The number of benzene rings is 2. The summed E-state index contributed by atoms with van der Waals surface area (Å²) in [6.45, 7) is 4.60. The van der Waals surface area contributed by atoms with Gasteiger partial charge in [0, 0.05) is 0 Å². The molecule has 22 heavy (non-hydrogen) atoms. The highest BCUT2D eigenvalue weighted by Gasteiger charge is 2.26. The molecule has 2 aromatic rings. The molecule has 0 radical (unpaired) electrons. The van der Waals surface area contributed by atoms with E-state index in [2.05, 4.69) is 54.3 Å². The summed E-state index contributed by atoms with van der Waals surface area (Å²) in [5.74, 6) is 1.22. The predicted octanol–water partition coefficient (Wildman–Crippen LogP) is 4.60. The molecule has 3 rings (SSSR count). The Labute approximate surface area is 133 Å². The highest BCUT2D eigenvalue weighted by atomic mass is 16.3. The summed E-state index contributed by atoms with van der Waals surface area (Å²) in [7, 11) is 0. The van der Waals surface area contributed by atoms with E-state index in [0.717, 1.165) is 19.0 Å². The molecule has 1 atom stereocenters. The van der Waals surface area contributed by atoms with Gasteiger partial charge in [-0.3, -0.25) is 4.90 Å². The van der Waals surface area contributed by atoms with Gasteiger partial charge in [0.05, 0.1) is 6.04 Å². The quantitative estimate of drug-likeness (QED) is 0.891. The minimum atomic E-state index is 0.291. The van der Waals surface area contributed by atoms with Crippen molar-refractivity contribution in [2.75, 3.05) is 13.1 Å². The van der Waals surface area contributed by atoms with Crippen molar-refractivity contribution in [1.82, 2.24) is 4.90 Å². The lowest BCUT2D eigenvalue weighted by molar-refractivity contribution is 0.149. The number of phenols is 1. The molecule has 1 heterocycles. The van der Waals surface area contributed by atoms with Crippen molar-refractivity contribution in [2.24, 2.45) is 5.92 Å². The van der Waals surface area contributed by atoms with E-state index in [1.807, 2.05) is 0 Å². The average molecular weight is 295 g/mol. The van der Waals surface area contributed by atoms with E-state index in [4.69, 9.17) is 0 Å². The van der Waals surface area contributed by atoms with Gasteiger partial charge in [0.15, 0.2) is 0 Å². The van der Waals surface area contributed by atoms with Gasteiger partial charge in [-0.05, 0) is 55.1 Å². The standard InChI is InChI=1S/C20H25NO/c1-2-16-12-14-21(15-13-16)20(17-6-4-3-5-7-17)18-8-10-19(22)11-9-18/h3-11,16,20,22H,2,12-15H2,1H3. The van der Waals surface area contributed by atoms with Crippen LogP contribution in [0.1, 0.15) is 43.4 Å².